The van der Waals surface area contributed by atoms with Crippen LogP contribution in [0.1, 0.15) is 0 Å². The van der Waals surface area contributed by atoms with E-state index in [4.69, 9.17) is 9.15 Å². The molecule has 3 rings (SSSR count). The van der Waals surface area contributed by atoms with Crippen LogP contribution in [-0.4, -0.2) is 17.3 Å². The van der Waals surface area contributed by atoms with Crippen molar-refractivity contribution in [2.45, 2.75) is 9.79 Å². The molecule has 0 aliphatic rings. The monoisotopic (exact) mass is 316 g/mol. The second kappa shape index (κ2) is 5.65. The first kappa shape index (κ1) is 14.3. The molecule has 0 amide bonds. The van der Waals surface area contributed by atoms with Gasteiger partial charge in [-0.05, 0) is 18.2 Å². The normalized spacial score (nSPS) is 10.8. The highest BCUT2D eigenvalue weighted by atomic mass is 32.2. The number of para-hydroxylation sites is 1. The third-order valence-electron chi connectivity index (χ3n) is 3.11. The van der Waals surface area contributed by atoms with Crippen LogP contribution in [0.5, 0.6) is 17.2 Å². The molecule has 3 aromatic rings. The van der Waals surface area contributed by atoms with E-state index in [1.54, 1.807) is 18.2 Å². The molecule has 0 spiro atoms. The first-order valence-electron chi connectivity index (χ1n) is 6.40. The van der Waals surface area contributed by atoms with Crippen molar-refractivity contribution in [3.05, 3.63) is 52.9 Å². The van der Waals surface area contributed by atoms with Gasteiger partial charge >= 0.3 is 5.63 Å². The Balaban J connectivity index is 2.15. The van der Waals surface area contributed by atoms with Crippen molar-refractivity contribution < 1.29 is 19.4 Å². The maximum atomic E-state index is 11.7. The summed E-state index contributed by atoms with van der Waals surface area (Å²) in [7, 11) is 1.40. The Morgan fingerprint density at radius 1 is 1.09 bits per heavy atom. The molecule has 6 heteroatoms. The van der Waals surface area contributed by atoms with Crippen molar-refractivity contribution in [3.8, 4) is 17.2 Å². The highest BCUT2D eigenvalue weighted by molar-refractivity contribution is 7.99. The summed E-state index contributed by atoms with van der Waals surface area (Å²) in [4.78, 5) is 12.9. The summed E-state index contributed by atoms with van der Waals surface area (Å²) in [5.74, 6) is -0.444. The van der Waals surface area contributed by atoms with Gasteiger partial charge in [0.05, 0.1) is 12.0 Å². The molecule has 2 aromatic carbocycles. The summed E-state index contributed by atoms with van der Waals surface area (Å²) >= 11 is 1.25. The van der Waals surface area contributed by atoms with Crippen molar-refractivity contribution in [1.82, 2.24) is 0 Å². The number of benzene rings is 2. The van der Waals surface area contributed by atoms with Crippen LogP contribution in [-0.2, 0) is 0 Å². The maximum Gasteiger partial charge on any atom is 0.337 e. The van der Waals surface area contributed by atoms with Gasteiger partial charge in [0.15, 0.2) is 11.5 Å². The number of rotatable bonds is 3. The Hall–Kier alpha value is -2.60. The van der Waals surface area contributed by atoms with Gasteiger partial charge in [0.2, 0.25) is 5.75 Å². The van der Waals surface area contributed by atoms with Crippen molar-refractivity contribution >= 4 is 22.7 Å². The van der Waals surface area contributed by atoms with E-state index in [1.165, 1.54) is 31.0 Å². The smallest absolute Gasteiger partial charge is 0.337 e. The van der Waals surface area contributed by atoms with Crippen LogP contribution in [0.15, 0.2) is 61.5 Å². The van der Waals surface area contributed by atoms with Crippen LogP contribution in [0.25, 0.3) is 11.0 Å². The van der Waals surface area contributed by atoms with Gasteiger partial charge in [-0.25, -0.2) is 4.79 Å². The van der Waals surface area contributed by atoms with Crippen LogP contribution in [0.3, 0.4) is 0 Å². The van der Waals surface area contributed by atoms with Crippen LogP contribution >= 0.6 is 11.8 Å². The van der Waals surface area contributed by atoms with Crippen LogP contribution in [0.4, 0.5) is 0 Å². The number of aromatic hydroxyl groups is 2. The van der Waals surface area contributed by atoms with E-state index in [1.807, 2.05) is 12.1 Å². The van der Waals surface area contributed by atoms with Crippen molar-refractivity contribution in [2.75, 3.05) is 7.11 Å². The van der Waals surface area contributed by atoms with E-state index in [2.05, 4.69) is 0 Å². The lowest BCUT2D eigenvalue weighted by Crippen LogP contribution is -1.97. The average molecular weight is 316 g/mol. The Kier molecular flexibility index (Phi) is 3.68. The molecule has 5 nitrogen and oxygen atoms in total. The molecule has 0 fully saturated rings. The van der Waals surface area contributed by atoms with Gasteiger partial charge in [0.25, 0.3) is 0 Å². The zero-order chi connectivity index (χ0) is 15.7. The summed E-state index contributed by atoms with van der Waals surface area (Å²) < 4.78 is 10.3. The van der Waals surface area contributed by atoms with Gasteiger partial charge in [-0.15, -0.1) is 0 Å². The van der Waals surface area contributed by atoms with Crippen molar-refractivity contribution in [3.63, 3.8) is 0 Å². The quantitative estimate of drug-likeness (QED) is 0.570. The molecule has 0 aliphatic carbocycles. The third kappa shape index (κ3) is 2.48. The van der Waals surface area contributed by atoms with Crippen molar-refractivity contribution in [2.24, 2.45) is 0 Å². The highest BCUT2D eigenvalue weighted by Crippen LogP contribution is 2.45. The summed E-state index contributed by atoms with van der Waals surface area (Å²) in [5, 5.41) is 20.2. The molecule has 1 aromatic heterocycles. The molecule has 0 saturated heterocycles. The van der Waals surface area contributed by atoms with Gasteiger partial charge in [-0.3, -0.25) is 0 Å². The predicted octanol–water partition coefficient (Wildman–Crippen LogP) is 3.36. The van der Waals surface area contributed by atoms with Gasteiger partial charge in [-0.2, -0.15) is 0 Å². The lowest BCUT2D eigenvalue weighted by atomic mass is 10.2. The maximum absolute atomic E-state index is 11.7. The van der Waals surface area contributed by atoms with Crippen LogP contribution in [0.2, 0.25) is 0 Å². The molecule has 0 aliphatic heterocycles. The zero-order valence-electron chi connectivity index (χ0n) is 11.6. The second-order valence-electron chi connectivity index (χ2n) is 4.49. The average Bonchev–Trinajstić information content (AvgIpc) is 2.51. The van der Waals surface area contributed by atoms with Crippen LogP contribution in [0, 0.1) is 0 Å². The molecule has 2 N–H and O–H groups in total. The molecular formula is C16H12O5S. The predicted molar refractivity (Wildman–Crippen MR) is 82.9 cm³/mol. The number of hydrogen-bond donors (Lipinski definition) is 2. The van der Waals surface area contributed by atoms with Gasteiger partial charge in [-0.1, -0.05) is 30.0 Å². The van der Waals surface area contributed by atoms with Gasteiger partial charge < -0.3 is 19.4 Å². The molecule has 0 bridgehead atoms. The fourth-order valence-electron chi connectivity index (χ4n) is 2.10. The molecule has 22 heavy (non-hydrogen) atoms. The largest absolute Gasteiger partial charge is 0.504 e. The third-order valence-corrected chi connectivity index (χ3v) is 4.21. The fraction of sp³-hybridized carbons (Fsp3) is 0.0625. The highest BCUT2D eigenvalue weighted by Gasteiger charge is 2.15. The van der Waals surface area contributed by atoms with Crippen LogP contribution < -0.4 is 10.4 Å². The summed E-state index contributed by atoms with van der Waals surface area (Å²) in [5.41, 5.74) is 0.0302. The zero-order valence-corrected chi connectivity index (χ0v) is 12.4. The van der Waals surface area contributed by atoms with E-state index in [-0.39, 0.29) is 17.2 Å². The number of fused-ring (bicyclic) bond motifs is 1. The van der Waals surface area contributed by atoms with E-state index in [0.29, 0.717) is 15.4 Å². The molecule has 0 unspecified atom stereocenters. The number of hydrogen-bond acceptors (Lipinski definition) is 6. The lowest BCUT2D eigenvalue weighted by Gasteiger charge is -2.11. The topological polar surface area (TPSA) is 79.9 Å². The Labute approximate surface area is 129 Å². The molecule has 112 valence electrons. The SMILES string of the molecule is COc1c(Sc2cc(=O)oc3ccccc23)ccc(O)c1O. The molecule has 1 heterocycles. The minimum atomic E-state index is -0.455. The minimum absolute atomic E-state index is 0.155. The van der Waals surface area contributed by atoms with Gasteiger partial charge in [0.1, 0.15) is 5.58 Å². The number of ether oxygens (including phenoxy) is 1. The molecule has 0 radical (unpaired) electrons. The standard InChI is InChI=1S/C16H12O5S/c1-20-16-12(7-6-10(17)15(16)19)22-13-8-14(18)21-11-5-3-2-4-9(11)13/h2-8,17,19H,1H3. The minimum Gasteiger partial charge on any atom is -0.504 e. The Bertz CT molecular complexity index is 901. The lowest BCUT2D eigenvalue weighted by molar-refractivity contribution is 0.344. The Morgan fingerprint density at radius 3 is 2.64 bits per heavy atom. The number of phenolic OH excluding ortho intramolecular Hbond substituents is 2. The second-order valence-corrected chi connectivity index (χ2v) is 5.58. The first-order valence-corrected chi connectivity index (χ1v) is 7.21. The summed E-state index contributed by atoms with van der Waals surface area (Å²) in [6, 6.07) is 11.6. The van der Waals surface area contributed by atoms with E-state index < -0.39 is 5.63 Å². The molecular weight excluding hydrogens is 304 g/mol. The number of phenols is 2. The fourth-order valence-corrected chi connectivity index (χ4v) is 3.18. The summed E-state index contributed by atoms with van der Waals surface area (Å²) in [6.45, 7) is 0. The van der Waals surface area contributed by atoms with Crippen molar-refractivity contribution in [1.29, 1.82) is 0 Å². The summed E-state index contributed by atoms with van der Waals surface area (Å²) in [6.07, 6.45) is 0. The van der Waals surface area contributed by atoms with E-state index in [9.17, 15) is 15.0 Å². The molecule has 0 atom stereocenters. The Morgan fingerprint density at radius 2 is 1.86 bits per heavy atom. The van der Waals surface area contributed by atoms with Gasteiger partial charge in [0, 0.05) is 16.3 Å². The molecule has 0 saturated carbocycles. The number of methoxy groups -OCH3 is 1. The van der Waals surface area contributed by atoms with E-state index in [0.717, 1.165) is 5.39 Å². The first-order chi connectivity index (χ1) is 10.6. The van der Waals surface area contributed by atoms with E-state index >= 15 is 0 Å².